The van der Waals surface area contributed by atoms with Gasteiger partial charge in [-0.1, -0.05) is 23.7 Å². The van der Waals surface area contributed by atoms with Crippen LogP contribution in [0.3, 0.4) is 0 Å². The van der Waals surface area contributed by atoms with Gasteiger partial charge in [-0.25, -0.2) is 0 Å². The molecule has 4 heteroatoms. The average Bonchev–Trinajstić information content (AvgIpc) is 2.46. The third-order valence-electron chi connectivity index (χ3n) is 3.01. The van der Waals surface area contributed by atoms with Crippen LogP contribution in [0.1, 0.15) is 30.4 Å². The van der Waals surface area contributed by atoms with Crippen molar-refractivity contribution in [2.45, 2.75) is 25.3 Å². The molecular formula is C17H18Cl2O2. The predicted molar refractivity (Wildman–Crippen MR) is 87.9 cm³/mol. The van der Waals surface area contributed by atoms with Crippen LogP contribution in [0.15, 0.2) is 42.5 Å². The molecule has 0 spiro atoms. The van der Waals surface area contributed by atoms with Gasteiger partial charge in [0.05, 0.1) is 18.6 Å². The van der Waals surface area contributed by atoms with Gasteiger partial charge in [-0.05, 0) is 49.7 Å². The molecule has 21 heavy (non-hydrogen) atoms. The number of hydrogen-bond acceptors (Lipinski definition) is 2. The summed E-state index contributed by atoms with van der Waals surface area (Å²) in [5.74, 6) is 1.55. The third-order valence-corrected chi connectivity index (χ3v) is 3.73. The predicted octanol–water partition coefficient (Wildman–Crippen LogP) is 5.46. The van der Waals surface area contributed by atoms with Crippen LogP contribution in [0.4, 0.5) is 0 Å². The molecule has 112 valence electrons. The van der Waals surface area contributed by atoms with Crippen molar-refractivity contribution in [3.8, 4) is 11.5 Å². The van der Waals surface area contributed by atoms with E-state index < -0.39 is 0 Å². The molecule has 0 amide bonds. The second-order valence-corrected chi connectivity index (χ2v) is 5.86. The summed E-state index contributed by atoms with van der Waals surface area (Å²) in [7, 11) is 1.62. The number of benzene rings is 2. The van der Waals surface area contributed by atoms with Gasteiger partial charge in [0.15, 0.2) is 0 Å². The monoisotopic (exact) mass is 324 g/mol. The van der Waals surface area contributed by atoms with Gasteiger partial charge in [-0.3, -0.25) is 0 Å². The fourth-order valence-electron chi connectivity index (χ4n) is 2.07. The van der Waals surface area contributed by atoms with Crippen molar-refractivity contribution in [2.24, 2.45) is 0 Å². The topological polar surface area (TPSA) is 18.5 Å². The Morgan fingerprint density at radius 1 is 1.00 bits per heavy atom. The summed E-state index contributed by atoms with van der Waals surface area (Å²) in [5.41, 5.74) is 1.82. The summed E-state index contributed by atoms with van der Waals surface area (Å²) >= 11 is 12.6. The van der Waals surface area contributed by atoms with Crippen LogP contribution < -0.4 is 9.47 Å². The van der Waals surface area contributed by atoms with Gasteiger partial charge in [0.2, 0.25) is 0 Å². The van der Waals surface area contributed by atoms with E-state index in [0.29, 0.717) is 5.02 Å². The van der Waals surface area contributed by atoms with Gasteiger partial charge in [0.1, 0.15) is 11.5 Å². The lowest BCUT2D eigenvalue weighted by molar-refractivity contribution is 0.242. The Morgan fingerprint density at radius 3 is 2.24 bits per heavy atom. The first kappa shape index (κ1) is 16.0. The van der Waals surface area contributed by atoms with Crippen molar-refractivity contribution in [1.82, 2.24) is 0 Å². The molecule has 2 rings (SSSR count). The quantitative estimate of drug-likeness (QED) is 0.679. The van der Waals surface area contributed by atoms with E-state index in [1.54, 1.807) is 13.2 Å². The maximum absolute atomic E-state index is 6.57. The highest BCUT2D eigenvalue weighted by Gasteiger charge is 2.16. The first-order chi connectivity index (χ1) is 10.0. The van der Waals surface area contributed by atoms with Crippen LogP contribution in [-0.2, 0) is 0 Å². The van der Waals surface area contributed by atoms with Crippen LogP contribution in [0.5, 0.6) is 11.5 Å². The van der Waals surface area contributed by atoms with Crippen LogP contribution in [0.25, 0.3) is 0 Å². The van der Waals surface area contributed by atoms with Crippen molar-refractivity contribution >= 4 is 23.2 Å². The van der Waals surface area contributed by atoms with E-state index in [9.17, 15) is 0 Å². The van der Waals surface area contributed by atoms with E-state index >= 15 is 0 Å². The number of halogens is 2. The molecule has 0 saturated carbocycles. The highest BCUT2D eigenvalue weighted by Crippen LogP contribution is 2.37. The molecule has 2 nitrogen and oxygen atoms in total. The van der Waals surface area contributed by atoms with E-state index in [1.165, 1.54) is 0 Å². The SMILES string of the molecule is COc1ccc(Cl)cc1C(Cl)c1ccc(OC(C)C)cc1. The molecule has 0 aliphatic rings. The highest BCUT2D eigenvalue weighted by molar-refractivity contribution is 6.31. The minimum absolute atomic E-state index is 0.149. The molecule has 0 fully saturated rings. The van der Waals surface area contributed by atoms with E-state index in [2.05, 4.69) is 0 Å². The summed E-state index contributed by atoms with van der Waals surface area (Å²) in [4.78, 5) is 0. The van der Waals surface area contributed by atoms with Crippen molar-refractivity contribution in [3.63, 3.8) is 0 Å². The minimum atomic E-state index is -0.327. The molecule has 0 saturated heterocycles. The largest absolute Gasteiger partial charge is 0.496 e. The Kier molecular flexibility index (Phi) is 5.38. The summed E-state index contributed by atoms with van der Waals surface area (Å²) < 4.78 is 11.0. The molecule has 2 aromatic carbocycles. The molecule has 0 heterocycles. The lowest BCUT2D eigenvalue weighted by Gasteiger charge is -2.16. The van der Waals surface area contributed by atoms with Crippen molar-refractivity contribution in [2.75, 3.05) is 7.11 Å². The normalized spacial score (nSPS) is 12.3. The van der Waals surface area contributed by atoms with Crippen molar-refractivity contribution in [3.05, 3.63) is 58.6 Å². The molecule has 2 aromatic rings. The lowest BCUT2D eigenvalue weighted by Crippen LogP contribution is -2.05. The standard InChI is InChI=1S/C17H18Cl2O2/c1-11(2)21-14-7-4-12(5-8-14)17(19)15-10-13(18)6-9-16(15)20-3/h4-11,17H,1-3H3. The first-order valence-electron chi connectivity index (χ1n) is 6.75. The summed E-state index contributed by atoms with van der Waals surface area (Å²) in [6, 6.07) is 13.2. The average molecular weight is 325 g/mol. The zero-order valence-electron chi connectivity index (χ0n) is 12.3. The van der Waals surface area contributed by atoms with Crippen molar-refractivity contribution in [1.29, 1.82) is 0 Å². The van der Waals surface area contributed by atoms with Gasteiger partial charge in [-0.15, -0.1) is 11.6 Å². The Bertz CT molecular complexity index is 594. The maximum atomic E-state index is 6.57. The minimum Gasteiger partial charge on any atom is -0.496 e. The number of hydrogen-bond donors (Lipinski definition) is 0. The van der Waals surface area contributed by atoms with Crippen LogP contribution >= 0.6 is 23.2 Å². The fraction of sp³-hybridized carbons (Fsp3) is 0.294. The second kappa shape index (κ2) is 7.06. The van der Waals surface area contributed by atoms with E-state index in [0.717, 1.165) is 22.6 Å². The Hall–Kier alpha value is -1.38. The molecule has 0 aromatic heterocycles. The summed E-state index contributed by atoms with van der Waals surface area (Å²) in [5, 5.41) is 0.308. The second-order valence-electron chi connectivity index (χ2n) is 4.98. The highest BCUT2D eigenvalue weighted by atomic mass is 35.5. The molecular weight excluding hydrogens is 307 g/mol. The Balaban J connectivity index is 2.27. The summed E-state index contributed by atoms with van der Waals surface area (Å²) in [6.07, 6.45) is 0.149. The van der Waals surface area contributed by atoms with Crippen LogP contribution in [0, 0.1) is 0 Å². The smallest absolute Gasteiger partial charge is 0.123 e. The number of ether oxygens (including phenoxy) is 2. The lowest BCUT2D eigenvalue weighted by atomic mass is 10.0. The zero-order chi connectivity index (χ0) is 15.4. The van der Waals surface area contributed by atoms with Crippen molar-refractivity contribution < 1.29 is 9.47 Å². The van der Waals surface area contributed by atoms with E-state index in [-0.39, 0.29) is 11.5 Å². The van der Waals surface area contributed by atoms with Gasteiger partial charge >= 0.3 is 0 Å². The van der Waals surface area contributed by atoms with E-state index in [4.69, 9.17) is 32.7 Å². The Morgan fingerprint density at radius 2 is 1.67 bits per heavy atom. The molecule has 0 bridgehead atoms. The molecule has 0 radical (unpaired) electrons. The maximum Gasteiger partial charge on any atom is 0.123 e. The van der Waals surface area contributed by atoms with Crippen LogP contribution in [-0.4, -0.2) is 13.2 Å². The molecule has 1 atom stereocenters. The van der Waals surface area contributed by atoms with Gasteiger partial charge in [0, 0.05) is 10.6 Å². The number of rotatable bonds is 5. The molecule has 0 N–H and O–H groups in total. The summed E-state index contributed by atoms with van der Waals surface area (Å²) in [6.45, 7) is 3.99. The van der Waals surface area contributed by atoms with Gasteiger partial charge < -0.3 is 9.47 Å². The molecule has 0 aliphatic carbocycles. The van der Waals surface area contributed by atoms with Gasteiger partial charge in [-0.2, -0.15) is 0 Å². The number of methoxy groups -OCH3 is 1. The van der Waals surface area contributed by atoms with Gasteiger partial charge in [0.25, 0.3) is 0 Å². The fourth-order valence-corrected chi connectivity index (χ4v) is 2.57. The van der Waals surface area contributed by atoms with Crippen LogP contribution in [0.2, 0.25) is 5.02 Å². The van der Waals surface area contributed by atoms with E-state index in [1.807, 2.05) is 50.2 Å². The Labute approximate surface area is 135 Å². The third kappa shape index (κ3) is 4.05. The molecule has 0 aliphatic heterocycles. The molecule has 1 unspecified atom stereocenters. The first-order valence-corrected chi connectivity index (χ1v) is 7.57. The number of alkyl halides is 1. The zero-order valence-corrected chi connectivity index (χ0v) is 13.8.